The van der Waals surface area contributed by atoms with Crippen LogP contribution in [0.25, 0.3) is 0 Å². The summed E-state index contributed by atoms with van der Waals surface area (Å²) in [5.74, 6) is -0.0661. The van der Waals surface area contributed by atoms with Crippen molar-refractivity contribution in [1.29, 1.82) is 0 Å². The van der Waals surface area contributed by atoms with Crippen molar-refractivity contribution in [3.05, 3.63) is 0 Å². The maximum atomic E-state index is 11.4. The second-order valence-electron chi connectivity index (χ2n) is 3.00. The first-order valence-corrected chi connectivity index (χ1v) is 3.98. The summed E-state index contributed by atoms with van der Waals surface area (Å²) in [7, 11) is 3.00. The van der Waals surface area contributed by atoms with E-state index in [2.05, 4.69) is 0 Å². The average Bonchev–Trinajstić information content (AvgIpc) is 2.49. The maximum absolute atomic E-state index is 11.4. The van der Waals surface area contributed by atoms with Gasteiger partial charge in [0.25, 0.3) is 0 Å². The minimum Gasteiger partial charge on any atom is -0.300 e. The van der Waals surface area contributed by atoms with Gasteiger partial charge in [0.05, 0.1) is 7.11 Å². The van der Waals surface area contributed by atoms with Crippen LogP contribution < -0.4 is 0 Å². The van der Waals surface area contributed by atoms with E-state index < -0.39 is 0 Å². The van der Waals surface area contributed by atoms with Crippen LogP contribution in [0.3, 0.4) is 0 Å². The molecule has 1 atom stereocenters. The van der Waals surface area contributed by atoms with Crippen LogP contribution in [0.1, 0.15) is 19.3 Å². The topological polar surface area (TPSA) is 46.6 Å². The van der Waals surface area contributed by atoms with Gasteiger partial charge < -0.3 is 0 Å². The van der Waals surface area contributed by atoms with E-state index in [0.717, 1.165) is 0 Å². The van der Waals surface area contributed by atoms with E-state index in [1.807, 2.05) is 0 Å². The maximum Gasteiger partial charge on any atom is 0.249 e. The number of amides is 1. The third kappa shape index (κ3) is 1.82. The molecule has 1 aliphatic carbocycles. The van der Waals surface area contributed by atoms with E-state index in [0.29, 0.717) is 19.3 Å². The average molecular weight is 171 g/mol. The first-order valence-electron chi connectivity index (χ1n) is 3.98. The Hall–Kier alpha value is -0.900. The Balaban J connectivity index is 2.48. The fourth-order valence-electron chi connectivity index (χ4n) is 1.37. The predicted octanol–water partition coefficient (Wildman–Crippen LogP) is 0.375. The molecule has 0 aliphatic heterocycles. The molecular formula is C8H13NO3. The van der Waals surface area contributed by atoms with Gasteiger partial charge in [0.1, 0.15) is 5.78 Å². The molecule has 0 N–H and O–H groups in total. The Bertz CT molecular complexity index is 202. The van der Waals surface area contributed by atoms with Crippen molar-refractivity contribution >= 4 is 11.7 Å². The number of ketones is 1. The molecule has 0 spiro atoms. The molecule has 1 fully saturated rings. The van der Waals surface area contributed by atoms with E-state index in [9.17, 15) is 9.59 Å². The van der Waals surface area contributed by atoms with Crippen molar-refractivity contribution in [1.82, 2.24) is 5.06 Å². The molecule has 1 rings (SSSR count). The van der Waals surface area contributed by atoms with Gasteiger partial charge in [-0.2, -0.15) is 0 Å². The lowest BCUT2D eigenvalue weighted by molar-refractivity contribution is -0.173. The van der Waals surface area contributed by atoms with E-state index in [4.69, 9.17) is 4.84 Å². The molecule has 0 radical (unpaired) electrons. The summed E-state index contributed by atoms with van der Waals surface area (Å²) in [4.78, 5) is 27.0. The van der Waals surface area contributed by atoms with Crippen LogP contribution in [0.15, 0.2) is 0 Å². The lowest BCUT2D eigenvalue weighted by Crippen LogP contribution is -2.30. The van der Waals surface area contributed by atoms with Crippen molar-refractivity contribution < 1.29 is 14.4 Å². The van der Waals surface area contributed by atoms with E-state index >= 15 is 0 Å². The molecule has 1 aliphatic rings. The molecule has 0 bridgehead atoms. The van der Waals surface area contributed by atoms with E-state index in [1.165, 1.54) is 12.2 Å². The number of carbonyl (C=O) groups is 2. The standard InChI is InChI=1S/C8H13NO3/c1-9(12-2)8(11)6-3-4-7(10)5-6/h6H,3-5H2,1-2H3. The third-order valence-corrected chi connectivity index (χ3v) is 2.18. The van der Waals surface area contributed by atoms with Gasteiger partial charge in [-0.3, -0.25) is 14.4 Å². The summed E-state index contributed by atoms with van der Waals surface area (Å²) in [6.45, 7) is 0. The molecule has 4 nitrogen and oxygen atoms in total. The molecule has 1 unspecified atom stereocenters. The molecule has 12 heavy (non-hydrogen) atoms. The molecule has 1 amide bonds. The summed E-state index contributed by atoms with van der Waals surface area (Å²) in [6.07, 6.45) is 1.59. The van der Waals surface area contributed by atoms with Crippen LogP contribution in [-0.2, 0) is 14.4 Å². The number of Topliss-reactive ketones (excluding diaryl/α,β-unsaturated/α-hetero) is 1. The van der Waals surface area contributed by atoms with Gasteiger partial charge in [-0.25, -0.2) is 5.06 Å². The van der Waals surface area contributed by atoms with Gasteiger partial charge in [-0.05, 0) is 6.42 Å². The van der Waals surface area contributed by atoms with Crippen LogP contribution in [0, 0.1) is 5.92 Å². The van der Waals surface area contributed by atoms with Gasteiger partial charge in [-0.1, -0.05) is 0 Å². The zero-order valence-electron chi connectivity index (χ0n) is 7.37. The van der Waals surface area contributed by atoms with Gasteiger partial charge >= 0.3 is 0 Å². The molecule has 0 aromatic rings. The minimum atomic E-state index is -0.151. The Morgan fingerprint density at radius 2 is 2.33 bits per heavy atom. The SMILES string of the molecule is CON(C)C(=O)C1CCC(=O)C1. The monoisotopic (exact) mass is 171 g/mol. The summed E-state index contributed by atoms with van der Waals surface area (Å²) in [5, 5.41) is 1.18. The first-order chi connectivity index (χ1) is 5.65. The molecule has 0 heterocycles. The van der Waals surface area contributed by atoms with Crippen LogP contribution in [-0.4, -0.2) is 30.9 Å². The molecule has 0 aromatic heterocycles. The van der Waals surface area contributed by atoms with Crippen LogP contribution in [0.2, 0.25) is 0 Å². The quantitative estimate of drug-likeness (QED) is 0.564. The number of hydrogen-bond donors (Lipinski definition) is 0. The number of rotatable bonds is 2. The smallest absolute Gasteiger partial charge is 0.249 e. The highest BCUT2D eigenvalue weighted by Gasteiger charge is 2.30. The van der Waals surface area contributed by atoms with E-state index in [1.54, 1.807) is 7.05 Å². The highest BCUT2D eigenvalue weighted by molar-refractivity contribution is 5.89. The molecule has 0 aromatic carbocycles. The lowest BCUT2D eigenvalue weighted by atomic mass is 10.1. The highest BCUT2D eigenvalue weighted by atomic mass is 16.7. The van der Waals surface area contributed by atoms with Crippen LogP contribution in [0.4, 0.5) is 0 Å². The third-order valence-electron chi connectivity index (χ3n) is 2.18. The molecule has 1 saturated carbocycles. The fraction of sp³-hybridized carbons (Fsp3) is 0.750. The number of hydrogen-bond acceptors (Lipinski definition) is 3. The van der Waals surface area contributed by atoms with Crippen molar-refractivity contribution in [3.8, 4) is 0 Å². The predicted molar refractivity (Wildman–Crippen MR) is 42.1 cm³/mol. The molecule has 68 valence electrons. The largest absolute Gasteiger partial charge is 0.300 e. The number of nitrogens with zero attached hydrogens (tertiary/aromatic N) is 1. The van der Waals surface area contributed by atoms with Crippen LogP contribution >= 0.6 is 0 Å². The summed E-state index contributed by atoms with van der Waals surface area (Å²) < 4.78 is 0. The first kappa shape index (κ1) is 9.19. The Labute approximate surface area is 71.4 Å². The number of carbonyl (C=O) groups excluding carboxylic acids is 2. The normalized spacial score (nSPS) is 22.8. The molecule has 0 saturated heterocycles. The summed E-state index contributed by atoms with van der Waals surface area (Å²) in [5.41, 5.74) is 0. The molecule has 4 heteroatoms. The van der Waals surface area contributed by atoms with Gasteiger partial charge in [0, 0.05) is 25.8 Å². The Morgan fingerprint density at radius 3 is 2.75 bits per heavy atom. The van der Waals surface area contributed by atoms with Gasteiger partial charge in [-0.15, -0.1) is 0 Å². The Kier molecular flexibility index (Phi) is 2.81. The summed E-state index contributed by atoms with van der Waals surface area (Å²) in [6, 6.07) is 0. The van der Waals surface area contributed by atoms with Crippen LogP contribution in [0.5, 0.6) is 0 Å². The van der Waals surface area contributed by atoms with Crippen molar-refractivity contribution in [2.45, 2.75) is 19.3 Å². The second kappa shape index (κ2) is 3.67. The summed E-state index contributed by atoms with van der Waals surface area (Å²) >= 11 is 0. The van der Waals surface area contributed by atoms with Gasteiger partial charge in [0.2, 0.25) is 5.91 Å². The zero-order chi connectivity index (χ0) is 9.14. The van der Waals surface area contributed by atoms with E-state index in [-0.39, 0.29) is 17.6 Å². The van der Waals surface area contributed by atoms with Crippen molar-refractivity contribution in [2.24, 2.45) is 5.92 Å². The minimum absolute atomic E-state index is 0.0941. The Morgan fingerprint density at radius 1 is 1.67 bits per heavy atom. The van der Waals surface area contributed by atoms with Gasteiger partial charge in [0.15, 0.2) is 0 Å². The second-order valence-corrected chi connectivity index (χ2v) is 3.00. The van der Waals surface area contributed by atoms with Crippen molar-refractivity contribution in [2.75, 3.05) is 14.2 Å². The lowest BCUT2D eigenvalue weighted by Gasteiger charge is -2.16. The number of hydroxylamine groups is 2. The zero-order valence-corrected chi connectivity index (χ0v) is 7.37. The fourth-order valence-corrected chi connectivity index (χ4v) is 1.37. The van der Waals surface area contributed by atoms with Crippen molar-refractivity contribution in [3.63, 3.8) is 0 Å². The molecular weight excluding hydrogens is 158 g/mol. The highest BCUT2D eigenvalue weighted by Crippen LogP contribution is 2.23.